The van der Waals surface area contributed by atoms with E-state index in [-0.39, 0.29) is 18.8 Å². The summed E-state index contributed by atoms with van der Waals surface area (Å²) >= 11 is 0. The van der Waals surface area contributed by atoms with Gasteiger partial charge in [-0.15, -0.1) is 0 Å². The van der Waals surface area contributed by atoms with E-state index >= 15 is 0 Å². The largest absolute Gasteiger partial charge is 0.394 e. The van der Waals surface area contributed by atoms with Crippen LogP contribution in [-0.4, -0.2) is 40.1 Å². The maximum absolute atomic E-state index is 11.1. The number of primary amides is 1. The minimum absolute atomic E-state index is 0.171. The van der Waals surface area contributed by atoms with Gasteiger partial charge in [-0.25, -0.2) is 5.43 Å². The van der Waals surface area contributed by atoms with Crippen molar-refractivity contribution in [3.63, 3.8) is 0 Å². The average molecular weight is 230 g/mol. The Morgan fingerprint density at radius 2 is 2.38 bits per heavy atom. The summed E-state index contributed by atoms with van der Waals surface area (Å²) in [5.41, 5.74) is 7.82. The number of nitrogens with two attached hydrogens (primary N) is 1. The Morgan fingerprint density at radius 3 is 2.75 bits per heavy atom. The molecule has 16 heavy (non-hydrogen) atoms. The van der Waals surface area contributed by atoms with Gasteiger partial charge in [0.2, 0.25) is 5.91 Å². The predicted molar refractivity (Wildman–Crippen MR) is 54.2 cm³/mol. The molecule has 4 N–H and O–H groups in total. The number of hydrogen-bond acceptors (Lipinski definition) is 6. The van der Waals surface area contributed by atoms with E-state index in [1.807, 2.05) is 0 Å². The van der Waals surface area contributed by atoms with Crippen LogP contribution in [0.2, 0.25) is 0 Å². The van der Waals surface area contributed by atoms with Gasteiger partial charge in [0, 0.05) is 0 Å². The minimum Gasteiger partial charge on any atom is -0.394 e. The molecule has 0 spiro atoms. The maximum Gasteiger partial charge on any atom is 0.294 e. The first-order chi connectivity index (χ1) is 7.52. The van der Waals surface area contributed by atoms with E-state index in [1.165, 1.54) is 5.01 Å². The van der Waals surface area contributed by atoms with E-state index in [0.717, 1.165) is 0 Å². The molecule has 0 saturated carbocycles. The van der Waals surface area contributed by atoms with Gasteiger partial charge in [0.1, 0.15) is 5.70 Å². The molecule has 1 aliphatic rings. The standard InChI is InChI=1S/C8H14N4O4/c1-2-5-7(12(15)16)6(8(9)14)10-11(5)3-4-13/h6,10,13H,2-4H2,1H3,(H2,9,14). The van der Waals surface area contributed by atoms with Crippen molar-refractivity contribution in [2.45, 2.75) is 19.4 Å². The molecule has 0 aromatic heterocycles. The van der Waals surface area contributed by atoms with Gasteiger partial charge in [0.05, 0.1) is 18.1 Å². The summed E-state index contributed by atoms with van der Waals surface area (Å²) < 4.78 is 0. The molecule has 1 amide bonds. The van der Waals surface area contributed by atoms with Crippen molar-refractivity contribution in [3.05, 3.63) is 21.5 Å². The fourth-order valence-electron chi connectivity index (χ4n) is 1.68. The molecule has 8 nitrogen and oxygen atoms in total. The summed E-state index contributed by atoms with van der Waals surface area (Å²) in [5.74, 6) is -0.807. The second-order valence-electron chi connectivity index (χ2n) is 3.28. The highest BCUT2D eigenvalue weighted by molar-refractivity contribution is 5.83. The lowest BCUT2D eigenvalue weighted by atomic mass is 10.2. The van der Waals surface area contributed by atoms with E-state index in [0.29, 0.717) is 12.1 Å². The van der Waals surface area contributed by atoms with Crippen LogP contribution >= 0.6 is 0 Å². The number of aliphatic hydroxyl groups is 1. The van der Waals surface area contributed by atoms with Crippen LogP contribution in [0.4, 0.5) is 0 Å². The van der Waals surface area contributed by atoms with E-state index in [1.54, 1.807) is 6.92 Å². The lowest BCUT2D eigenvalue weighted by Crippen LogP contribution is -2.46. The van der Waals surface area contributed by atoms with Crippen LogP contribution < -0.4 is 11.2 Å². The monoisotopic (exact) mass is 230 g/mol. The van der Waals surface area contributed by atoms with Gasteiger partial charge >= 0.3 is 0 Å². The van der Waals surface area contributed by atoms with Crippen LogP contribution in [0.15, 0.2) is 11.4 Å². The minimum atomic E-state index is -1.13. The number of amides is 1. The fourth-order valence-corrected chi connectivity index (χ4v) is 1.68. The van der Waals surface area contributed by atoms with Crippen molar-refractivity contribution in [1.29, 1.82) is 0 Å². The van der Waals surface area contributed by atoms with E-state index in [4.69, 9.17) is 10.8 Å². The summed E-state index contributed by atoms with van der Waals surface area (Å²) in [7, 11) is 0. The number of rotatable bonds is 5. The normalized spacial score (nSPS) is 20.4. The van der Waals surface area contributed by atoms with Crippen molar-refractivity contribution >= 4 is 5.91 Å². The van der Waals surface area contributed by atoms with Crippen molar-refractivity contribution in [1.82, 2.24) is 10.4 Å². The second-order valence-corrected chi connectivity index (χ2v) is 3.28. The first-order valence-electron chi connectivity index (χ1n) is 4.84. The van der Waals surface area contributed by atoms with Gasteiger partial charge < -0.3 is 15.8 Å². The molecule has 0 bridgehead atoms. The van der Waals surface area contributed by atoms with Crippen molar-refractivity contribution in [3.8, 4) is 0 Å². The van der Waals surface area contributed by atoms with E-state index in [9.17, 15) is 14.9 Å². The third-order valence-electron chi connectivity index (χ3n) is 2.32. The van der Waals surface area contributed by atoms with Crippen LogP contribution in [0.1, 0.15) is 13.3 Å². The highest BCUT2D eigenvalue weighted by Gasteiger charge is 2.42. The van der Waals surface area contributed by atoms with Crippen LogP contribution in [0.3, 0.4) is 0 Å². The number of carbonyl (C=O) groups excluding carboxylic acids is 1. The Labute approximate surface area is 91.8 Å². The molecule has 1 unspecified atom stereocenters. The van der Waals surface area contributed by atoms with E-state index in [2.05, 4.69) is 5.43 Å². The Hall–Kier alpha value is -1.67. The predicted octanol–water partition coefficient (Wildman–Crippen LogP) is -1.45. The van der Waals surface area contributed by atoms with Gasteiger partial charge in [-0.05, 0) is 6.42 Å². The Balaban J connectivity index is 3.08. The molecular weight excluding hydrogens is 216 g/mol. The smallest absolute Gasteiger partial charge is 0.294 e. The molecule has 0 radical (unpaired) electrons. The van der Waals surface area contributed by atoms with Crippen molar-refractivity contribution in [2.75, 3.05) is 13.2 Å². The van der Waals surface area contributed by atoms with Gasteiger partial charge in [-0.2, -0.15) is 0 Å². The SMILES string of the molecule is CCC1=C([N+](=O)[O-])C(C(N)=O)NN1CCO. The van der Waals surface area contributed by atoms with Crippen LogP contribution in [0.25, 0.3) is 0 Å². The zero-order valence-electron chi connectivity index (χ0n) is 8.84. The zero-order valence-corrected chi connectivity index (χ0v) is 8.84. The molecule has 1 atom stereocenters. The fraction of sp³-hybridized carbons (Fsp3) is 0.625. The van der Waals surface area contributed by atoms with Gasteiger partial charge in [0.25, 0.3) is 5.70 Å². The number of carbonyl (C=O) groups is 1. The molecule has 1 aliphatic heterocycles. The Morgan fingerprint density at radius 1 is 1.75 bits per heavy atom. The topological polar surface area (TPSA) is 122 Å². The number of nitro groups is 1. The van der Waals surface area contributed by atoms with Gasteiger partial charge in [-0.1, -0.05) is 6.92 Å². The lowest BCUT2D eigenvalue weighted by molar-refractivity contribution is -0.428. The summed E-state index contributed by atoms with van der Waals surface area (Å²) in [5, 5.41) is 21.0. The van der Waals surface area contributed by atoms with Crippen LogP contribution in [-0.2, 0) is 4.79 Å². The lowest BCUT2D eigenvalue weighted by Gasteiger charge is -2.19. The molecular formula is C8H14N4O4. The Kier molecular flexibility index (Phi) is 3.80. The zero-order chi connectivity index (χ0) is 12.3. The molecule has 1 heterocycles. The molecule has 0 fully saturated rings. The van der Waals surface area contributed by atoms with Gasteiger partial charge in [0.15, 0.2) is 6.04 Å². The van der Waals surface area contributed by atoms with Crippen molar-refractivity contribution < 1.29 is 14.8 Å². The number of allylic oxidation sites excluding steroid dienone is 1. The third kappa shape index (κ3) is 2.12. The van der Waals surface area contributed by atoms with Crippen LogP contribution in [0, 0.1) is 10.1 Å². The molecule has 1 rings (SSSR count). The molecule has 8 heteroatoms. The maximum atomic E-state index is 11.1. The second kappa shape index (κ2) is 4.90. The van der Waals surface area contributed by atoms with Crippen LogP contribution in [0.5, 0.6) is 0 Å². The molecule has 0 aliphatic carbocycles. The first-order valence-corrected chi connectivity index (χ1v) is 4.84. The molecule has 0 aromatic carbocycles. The summed E-state index contributed by atoms with van der Waals surface area (Å²) in [6, 6.07) is -1.13. The summed E-state index contributed by atoms with van der Waals surface area (Å²) in [6.07, 6.45) is 0.382. The quantitative estimate of drug-likeness (QED) is 0.392. The summed E-state index contributed by atoms with van der Waals surface area (Å²) in [6.45, 7) is 1.73. The number of β-amino-alcohol motifs (C(OH)–C–C–N with tert-alkyl or cyclic N) is 1. The first kappa shape index (κ1) is 12.4. The average Bonchev–Trinajstić information content (AvgIpc) is 2.57. The third-order valence-corrected chi connectivity index (χ3v) is 2.32. The number of nitrogens with one attached hydrogen (secondary N) is 1. The highest BCUT2D eigenvalue weighted by atomic mass is 16.6. The van der Waals surface area contributed by atoms with Crippen molar-refractivity contribution in [2.24, 2.45) is 5.73 Å². The number of aliphatic hydroxyl groups excluding tert-OH is 1. The molecule has 0 aromatic rings. The van der Waals surface area contributed by atoms with Gasteiger partial charge in [-0.3, -0.25) is 14.9 Å². The number of hydrogen-bond donors (Lipinski definition) is 3. The Bertz CT molecular complexity index is 341. The highest BCUT2D eigenvalue weighted by Crippen LogP contribution is 2.23. The molecule has 0 saturated heterocycles. The number of hydrazine groups is 1. The summed E-state index contributed by atoms with van der Waals surface area (Å²) in [4.78, 5) is 21.3. The van der Waals surface area contributed by atoms with E-state index < -0.39 is 16.9 Å². The molecule has 90 valence electrons. The number of nitrogens with zero attached hydrogens (tertiary/aromatic N) is 2.